The van der Waals surface area contributed by atoms with Crippen LogP contribution in [0.5, 0.6) is 5.88 Å². The molecule has 0 spiro atoms. The van der Waals surface area contributed by atoms with Crippen LogP contribution in [0.1, 0.15) is 43.1 Å². The van der Waals surface area contributed by atoms with Crippen LogP contribution in [0.25, 0.3) is 0 Å². The maximum atomic E-state index is 14.0. The van der Waals surface area contributed by atoms with Gasteiger partial charge in [0.15, 0.2) is 5.82 Å². The van der Waals surface area contributed by atoms with Gasteiger partial charge in [0, 0.05) is 26.2 Å². The molecule has 1 atom stereocenters. The summed E-state index contributed by atoms with van der Waals surface area (Å²) in [6.07, 6.45) is -2.06. The van der Waals surface area contributed by atoms with Crippen molar-refractivity contribution in [2.45, 2.75) is 39.4 Å². The molecule has 1 aromatic carbocycles. The number of ether oxygens (including phenoxy) is 1. The molecule has 0 fully saturated rings. The van der Waals surface area contributed by atoms with Crippen LogP contribution < -0.4 is 9.75 Å². The molecule has 0 aliphatic rings. The second-order valence-corrected chi connectivity index (χ2v) is 7.22. The molecule has 0 saturated heterocycles. The number of pyridine rings is 1. The Morgan fingerprint density at radius 2 is 2.00 bits per heavy atom. The van der Waals surface area contributed by atoms with Crippen molar-refractivity contribution >= 4 is 17.8 Å². The highest BCUT2D eigenvalue weighted by atomic mass is 19.4. The van der Waals surface area contributed by atoms with E-state index in [1.54, 1.807) is 45.2 Å². The number of hydrogen-bond acceptors (Lipinski definition) is 5. The van der Waals surface area contributed by atoms with E-state index in [2.05, 4.69) is 21.9 Å². The number of carbonyl (C=O) groups excluding carboxylic acids is 1. The molecule has 1 aromatic heterocycles. The topological polar surface area (TPSA) is 58.0 Å². The number of hydrogen-bond donors (Lipinski definition) is 0. The van der Waals surface area contributed by atoms with Gasteiger partial charge in [0.2, 0.25) is 5.88 Å². The first-order chi connectivity index (χ1) is 16.1. The van der Waals surface area contributed by atoms with Crippen LogP contribution in [0.2, 0.25) is 0 Å². The zero-order valence-electron chi connectivity index (χ0n) is 19.4. The highest BCUT2D eigenvalue weighted by molar-refractivity contribution is 6.00. The lowest BCUT2D eigenvalue weighted by atomic mass is 10.1. The van der Waals surface area contributed by atoms with E-state index in [1.807, 2.05) is 6.92 Å². The SMILES string of the molecule is CCC#C/C=N\N(C)c1ccccc1C(=O)N(CC)[C@@H](C)COc1ncc(C(F)(F)F)cc1F. The van der Waals surface area contributed by atoms with Gasteiger partial charge >= 0.3 is 6.18 Å². The van der Waals surface area contributed by atoms with E-state index in [9.17, 15) is 22.4 Å². The number of likely N-dealkylation sites (N-methyl/N-ethyl adjacent to an activating group) is 1. The van der Waals surface area contributed by atoms with Crippen LogP contribution >= 0.6 is 0 Å². The Hall–Kier alpha value is -3.61. The summed E-state index contributed by atoms with van der Waals surface area (Å²) in [5, 5.41) is 5.76. The average Bonchev–Trinajstić information content (AvgIpc) is 2.80. The van der Waals surface area contributed by atoms with Crippen LogP contribution in [0.15, 0.2) is 41.6 Å². The van der Waals surface area contributed by atoms with E-state index in [-0.39, 0.29) is 12.5 Å². The molecule has 1 amide bonds. The van der Waals surface area contributed by atoms with Gasteiger partial charge in [0.1, 0.15) is 6.61 Å². The third-order valence-corrected chi connectivity index (χ3v) is 4.79. The number of halogens is 4. The van der Waals surface area contributed by atoms with Gasteiger partial charge in [0.25, 0.3) is 5.91 Å². The number of para-hydroxylation sites is 1. The predicted molar refractivity (Wildman–Crippen MR) is 122 cm³/mol. The number of amides is 1. The quantitative estimate of drug-likeness (QED) is 0.232. The molecule has 2 rings (SSSR count). The monoisotopic (exact) mass is 478 g/mol. The van der Waals surface area contributed by atoms with Crippen molar-refractivity contribution in [3.8, 4) is 17.7 Å². The van der Waals surface area contributed by atoms with Gasteiger partial charge in [-0.2, -0.15) is 18.3 Å². The smallest absolute Gasteiger partial charge is 0.417 e. The lowest BCUT2D eigenvalue weighted by Gasteiger charge is -2.29. The number of alkyl halides is 3. The summed E-state index contributed by atoms with van der Waals surface area (Å²) in [7, 11) is 1.69. The zero-order valence-corrected chi connectivity index (χ0v) is 19.4. The maximum absolute atomic E-state index is 14.0. The van der Waals surface area contributed by atoms with E-state index >= 15 is 0 Å². The molecule has 34 heavy (non-hydrogen) atoms. The number of nitrogens with zero attached hydrogens (tertiary/aromatic N) is 4. The molecular formula is C24H26F4N4O2. The lowest BCUT2D eigenvalue weighted by molar-refractivity contribution is -0.138. The fourth-order valence-corrected chi connectivity index (χ4v) is 3.05. The van der Waals surface area contributed by atoms with E-state index in [1.165, 1.54) is 16.1 Å². The Morgan fingerprint density at radius 1 is 1.29 bits per heavy atom. The molecular weight excluding hydrogens is 452 g/mol. The Morgan fingerprint density at radius 3 is 2.62 bits per heavy atom. The summed E-state index contributed by atoms with van der Waals surface area (Å²) in [4.78, 5) is 18.2. The summed E-state index contributed by atoms with van der Waals surface area (Å²) in [6.45, 7) is 5.53. The number of benzene rings is 1. The minimum atomic E-state index is -4.71. The normalized spacial score (nSPS) is 12.1. The minimum Gasteiger partial charge on any atom is -0.473 e. The predicted octanol–water partition coefficient (Wildman–Crippen LogP) is 5.00. The van der Waals surface area contributed by atoms with E-state index in [4.69, 9.17) is 4.74 Å². The van der Waals surface area contributed by atoms with Crippen molar-refractivity contribution in [2.24, 2.45) is 5.10 Å². The van der Waals surface area contributed by atoms with Gasteiger partial charge in [-0.25, -0.2) is 9.37 Å². The molecule has 182 valence electrons. The third kappa shape index (κ3) is 6.94. The first-order valence-electron chi connectivity index (χ1n) is 10.6. The number of hydrazone groups is 1. The molecule has 0 bridgehead atoms. The van der Waals surface area contributed by atoms with Gasteiger partial charge in [0.05, 0.1) is 29.1 Å². The van der Waals surface area contributed by atoms with E-state index < -0.39 is 29.5 Å². The van der Waals surface area contributed by atoms with Crippen LogP contribution in [0.3, 0.4) is 0 Å². The Bertz CT molecular complexity index is 1080. The number of anilines is 1. The van der Waals surface area contributed by atoms with Crippen LogP contribution in [0.4, 0.5) is 23.2 Å². The first-order valence-corrected chi connectivity index (χ1v) is 10.6. The number of rotatable bonds is 8. The van der Waals surface area contributed by atoms with Gasteiger partial charge < -0.3 is 9.64 Å². The molecule has 1 heterocycles. The molecule has 6 nitrogen and oxygen atoms in total. The number of aromatic nitrogens is 1. The van der Waals surface area contributed by atoms with Gasteiger partial charge in [-0.1, -0.05) is 30.9 Å². The van der Waals surface area contributed by atoms with E-state index in [0.29, 0.717) is 36.5 Å². The highest BCUT2D eigenvalue weighted by Gasteiger charge is 2.32. The van der Waals surface area contributed by atoms with Crippen molar-refractivity contribution in [3.05, 3.63) is 53.5 Å². The minimum absolute atomic E-state index is 0.169. The zero-order chi connectivity index (χ0) is 25.3. The van der Waals surface area contributed by atoms with Gasteiger partial charge in [-0.3, -0.25) is 9.80 Å². The van der Waals surface area contributed by atoms with Crippen molar-refractivity contribution in [1.82, 2.24) is 9.88 Å². The van der Waals surface area contributed by atoms with Crippen molar-refractivity contribution in [2.75, 3.05) is 25.2 Å². The first kappa shape index (κ1) is 26.6. The average molecular weight is 478 g/mol. The summed E-state index contributed by atoms with van der Waals surface area (Å²) in [5.41, 5.74) is -0.262. The van der Waals surface area contributed by atoms with Crippen molar-refractivity contribution in [3.63, 3.8) is 0 Å². The molecule has 10 heteroatoms. The molecule has 2 aromatic rings. The van der Waals surface area contributed by atoms with Gasteiger partial charge in [-0.15, -0.1) is 0 Å². The van der Waals surface area contributed by atoms with Crippen molar-refractivity contribution < 1.29 is 27.1 Å². The Balaban J connectivity index is 2.16. The summed E-state index contributed by atoms with van der Waals surface area (Å²) >= 11 is 0. The number of carbonyl (C=O) groups is 1. The largest absolute Gasteiger partial charge is 0.473 e. The Kier molecular flexibility index (Phi) is 9.42. The second-order valence-electron chi connectivity index (χ2n) is 7.22. The lowest BCUT2D eigenvalue weighted by Crippen LogP contribution is -2.42. The molecule has 0 aliphatic carbocycles. The van der Waals surface area contributed by atoms with Crippen molar-refractivity contribution in [1.29, 1.82) is 0 Å². The van der Waals surface area contributed by atoms with E-state index in [0.717, 1.165) is 0 Å². The molecule has 0 saturated carbocycles. The summed E-state index contributed by atoms with van der Waals surface area (Å²) in [5.74, 6) is 3.56. The molecule has 0 unspecified atom stereocenters. The van der Waals surface area contributed by atoms with Crippen LogP contribution in [0, 0.1) is 17.7 Å². The molecule has 0 aliphatic heterocycles. The molecule has 0 N–H and O–H groups in total. The highest BCUT2D eigenvalue weighted by Crippen LogP contribution is 2.30. The standard InChI is InChI=1S/C24H26F4N4O2/c1-5-7-10-13-30-31(4)21-12-9-8-11-19(21)23(33)32(6-2)17(3)16-34-22-20(25)14-18(15-29-22)24(26,27)28/h8-9,11-15,17H,5-6,16H2,1-4H3/b30-13-/t17-/m0/s1. The summed E-state index contributed by atoms with van der Waals surface area (Å²) < 4.78 is 57.4. The second kappa shape index (κ2) is 12.0. The molecule has 0 radical (unpaired) electrons. The van der Waals surface area contributed by atoms with Gasteiger partial charge in [-0.05, 0) is 32.0 Å². The van der Waals surface area contributed by atoms with Crippen LogP contribution in [-0.2, 0) is 6.18 Å². The maximum Gasteiger partial charge on any atom is 0.417 e. The fraction of sp³-hybridized carbons (Fsp3) is 0.375. The van der Waals surface area contributed by atoms with Crippen LogP contribution in [-0.4, -0.2) is 48.2 Å². The Labute approximate surface area is 196 Å². The fourth-order valence-electron chi connectivity index (χ4n) is 3.05. The summed E-state index contributed by atoms with van der Waals surface area (Å²) in [6, 6.07) is 6.70. The third-order valence-electron chi connectivity index (χ3n) is 4.79.